The molecule has 0 N–H and O–H groups in total. The van der Waals surface area contributed by atoms with E-state index >= 15 is 0 Å². The van der Waals surface area contributed by atoms with Crippen LogP contribution in [0.25, 0.3) is 11.0 Å². The van der Waals surface area contributed by atoms with Crippen LogP contribution in [0.15, 0.2) is 27.4 Å². The molecule has 0 bridgehead atoms. The van der Waals surface area contributed by atoms with Crippen molar-refractivity contribution in [3.63, 3.8) is 0 Å². The highest BCUT2D eigenvalue weighted by Crippen LogP contribution is 2.43. The Bertz CT molecular complexity index is 751. The smallest absolute Gasteiger partial charge is 0.336 e. The molecule has 110 valence electrons. The van der Waals surface area contributed by atoms with Gasteiger partial charge in [-0.25, -0.2) is 4.79 Å². The molecule has 0 atom stereocenters. The summed E-state index contributed by atoms with van der Waals surface area (Å²) in [7, 11) is 0. The Balaban J connectivity index is 1.81. The van der Waals surface area contributed by atoms with E-state index in [9.17, 15) is 4.79 Å². The molecule has 2 aliphatic rings. The van der Waals surface area contributed by atoms with Gasteiger partial charge in [0.05, 0.1) is 0 Å². The summed E-state index contributed by atoms with van der Waals surface area (Å²) in [5, 5.41) is 1.02. The fourth-order valence-electron chi connectivity index (χ4n) is 3.88. The fourth-order valence-corrected chi connectivity index (χ4v) is 3.88. The quantitative estimate of drug-likeness (QED) is 0.683. The Morgan fingerprint density at radius 2 is 1.86 bits per heavy atom. The zero-order valence-electron chi connectivity index (χ0n) is 12.4. The van der Waals surface area contributed by atoms with Crippen LogP contribution in [-0.4, -0.2) is 5.60 Å². The number of benzene rings is 1. The van der Waals surface area contributed by atoms with Crippen molar-refractivity contribution in [2.45, 2.75) is 57.5 Å². The van der Waals surface area contributed by atoms with Gasteiger partial charge >= 0.3 is 5.63 Å². The molecular weight excluding hydrogens is 264 g/mol. The van der Waals surface area contributed by atoms with Crippen LogP contribution in [0.3, 0.4) is 0 Å². The van der Waals surface area contributed by atoms with E-state index in [2.05, 4.69) is 6.07 Å². The maximum Gasteiger partial charge on any atom is 0.336 e. The van der Waals surface area contributed by atoms with E-state index in [0.717, 1.165) is 42.4 Å². The van der Waals surface area contributed by atoms with Gasteiger partial charge in [0.25, 0.3) is 0 Å². The molecule has 21 heavy (non-hydrogen) atoms. The highest BCUT2D eigenvalue weighted by Gasteiger charge is 2.37. The van der Waals surface area contributed by atoms with Gasteiger partial charge in [-0.3, -0.25) is 0 Å². The van der Waals surface area contributed by atoms with Crippen LogP contribution in [0, 0.1) is 6.92 Å². The van der Waals surface area contributed by atoms with Crippen LogP contribution < -0.4 is 10.4 Å². The Hall–Kier alpha value is -1.77. The molecule has 2 heterocycles. The summed E-state index contributed by atoms with van der Waals surface area (Å²) in [6, 6.07) is 5.62. The normalized spacial score (nSPS) is 20.2. The molecule has 2 aromatic rings. The van der Waals surface area contributed by atoms with E-state index < -0.39 is 0 Å². The summed E-state index contributed by atoms with van der Waals surface area (Å²) < 4.78 is 11.7. The summed E-state index contributed by atoms with van der Waals surface area (Å²) in [5.74, 6) is 0.921. The lowest BCUT2D eigenvalue weighted by Crippen LogP contribution is -2.41. The monoisotopic (exact) mass is 284 g/mol. The molecule has 3 nitrogen and oxygen atoms in total. The van der Waals surface area contributed by atoms with Gasteiger partial charge in [0.15, 0.2) is 0 Å². The third kappa shape index (κ3) is 2.15. The second-order valence-corrected chi connectivity index (χ2v) is 6.55. The number of ether oxygens (including phenoxy) is 1. The Morgan fingerprint density at radius 1 is 1.05 bits per heavy atom. The molecule has 3 heteroatoms. The first-order valence-corrected chi connectivity index (χ1v) is 7.92. The SMILES string of the molecule is Cc1cc(=O)oc2cc3c(cc12)CCC1(CCCCC1)O3. The standard InChI is InChI=1S/C18H20O3/c1-12-9-17(19)20-16-11-15-13(10-14(12)16)5-8-18(21-15)6-3-2-4-7-18/h9-11H,2-8H2,1H3. The minimum absolute atomic E-state index is 0.0308. The van der Waals surface area contributed by atoms with E-state index in [1.54, 1.807) is 6.07 Å². The number of hydrogen-bond donors (Lipinski definition) is 0. The predicted molar refractivity (Wildman–Crippen MR) is 82.0 cm³/mol. The van der Waals surface area contributed by atoms with Gasteiger partial charge in [-0.05, 0) is 62.6 Å². The van der Waals surface area contributed by atoms with Gasteiger partial charge in [0, 0.05) is 17.5 Å². The third-order valence-corrected chi connectivity index (χ3v) is 5.07. The van der Waals surface area contributed by atoms with Crippen LogP contribution in [-0.2, 0) is 6.42 Å². The molecule has 1 aliphatic carbocycles. The molecule has 4 rings (SSSR count). The second kappa shape index (κ2) is 4.62. The second-order valence-electron chi connectivity index (χ2n) is 6.55. The summed E-state index contributed by atoms with van der Waals surface area (Å²) in [6.45, 7) is 1.96. The van der Waals surface area contributed by atoms with E-state index in [0.29, 0.717) is 5.58 Å². The Morgan fingerprint density at radius 3 is 2.67 bits per heavy atom. The van der Waals surface area contributed by atoms with Crippen molar-refractivity contribution in [1.82, 2.24) is 0 Å². The first-order chi connectivity index (χ1) is 10.2. The molecule has 1 aromatic heterocycles. The van der Waals surface area contributed by atoms with Gasteiger partial charge in [0.2, 0.25) is 0 Å². The van der Waals surface area contributed by atoms with E-state index in [1.807, 2.05) is 13.0 Å². The van der Waals surface area contributed by atoms with Gasteiger partial charge in [0.1, 0.15) is 16.9 Å². The molecular formula is C18H20O3. The number of rotatable bonds is 0. The van der Waals surface area contributed by atoms with Crippen LogP contribution in [0.1, 0.15) is 49.7 Å². The third-order valence-electron chi connectivity index (χ3n) is 5.07. The van der Waals surface area contributed by atoms with Crippen LogP contribution >= 0.6 is 0 Å². The van der Waals surface area contributed by atoms with Crippen molar-refractivity contribution in [3.8, 4) is 5.75 Å². The zero-order chi connectivity index (χ0) is 14.4. The van der Waals surface area contributed by atoms with Crippen LogP contribution in [0.5, 0.6) is 5.75 Å². The maximum absolute atomic E-state index is 11.6. The molecule has 1 fully saturated rings. The van der Waals surface area contributed by atoms with Crippen molar-refractivity contribution in [2.75, 3.05) is 0 Å². The largest absolute Gasteiger partial charge is 0.487 e. The highest BCUT2D eigenvalue weighted by atomic mass is 16.5. The predicted octanol–water partition coefficient (Wildman–Crippen LogP) is 4.13. The Labute approximate surface area is 123 Å². The molecule has 0 unspecified atom stereocenters. The average Bonchev–Trinajstić information content (AvgIpc) is 2.46. The molecule has 1 aromatic carbocycles. The van der Waals surface area contributed by atoms with Crippen molar-refractivity contribution >= 4 is 11.0 Å². The van der Waals surface area contributed by atoms with Crippen molar-refractivity contribution in [2.24, 2.45) is 0 Å². The lowest BCUT2D eigenvalue weighted by molar-refractivity contribution is 0.0109. The molecule has 0 radical (unpaired) electrons. The van der Waals surface area contributed by atoms with E-state index in [1.165, 1.54) is 24.8 Å². The topological polar surface area (TPSA) is 39.4 Å². The van der Waals surface area contributed by atoms with Crippen LogP contribution in [0.4, 0.5) is 0 Å². The Kier molecular flexibility index (Phi) is 2.84. The van der Waals surface area contributed by atoms with Gasteiger partial charge in [-0.2, -0.15) is 0 Å². The molecule has 1 saturated carbocycles. The van der Waals surface area contributed by atoms with Crippen molar-refractivity contribution in [3.05, 3.63) is 39.7 Å². The molecule has 0 amide bonds. The molecule has 1 spiro atoms. The summed E-state index contributed by atoms with van der Waals surface area (Å²) in [6.07, 6.45) is 8.33. The number of hydrogen-bond acceptors (Lipinski definition) is 3. The summed E-state index contributed by atoms with van der Waals surface area (Å²) >= 11 is 0. The maximum atomic E-state index is 11.6. The molecule has 0 saturated heterocycles. The lowest BCUT2D eigenvalue weighted by Gasteiger charge is -2.41. The number of aryl methyl sites for hydroxylation is 2. The first-order valence-electron chi connectivity index (χ1n) is 7.92. The fraction of sp³-hybridized carbons (Fsp3) is 0.500. The zero-order valence-corrected chi connectivity index (χ0v) is 12.4. The first kappa shape index (κ1) is 12.9. The van der Waals surface area contributed by atoms with Gasteiger partial charge < -0.3 is 9.15 Å². The highest BCUT2D eigenvalue weighted by molar-refractivity contribution is 5.82. The van der Waals surface area contributed by atoms with Crippen LogP contribution in [0.2, 0.25) is 0 Å². The van der Waals surface area contributed by atoms with Crippen molar-refractivity contribution in [1.29, 1.82) is 0 Å². The summed E-state index contributed by atoms with van der Waals surface area (Å²) in [5.41, 5.74) is 2.61. The number of fused-ring (bicyclic) bond motifs is 2. The minimum atomic E-state index is -0.289. The van der Waals surface area contributed by atoms with E-state index in [4.69, 9.17) is 9.15 Å². The van der Waals surface area contributed by atoms with Gasteiger partial charge in [-0.15, -0.1) is 0 Å². The van der Waals surface area contributed by atoms with E-state index in [-0.39, 0.29) is 11.2 Å². The van der Waals surface area contributed by atoms with Crippen molar-refractivity contribution < 1.29 is 9.15 Å². The summed E-state index contributed by atoms with van der Waals surface area (Å²) in [4.78, 5) is 11.6. The lowest BCUT2D eigenvalue weighted by atomic mass is 9.79. The minimum Gasteiger partial charge on any atom is -0.487 e. The average molecular weight is 284 g/mol. The molecule has 1 aliphatic heterocycles. The van der Waals surface area contributed by atoms with Gasteiger partial charge in [-0.1, -0.05) is 6.42 Å².